The van der Waals surface area contributed by atoms with E-state index >= 15 is 0 Å². The van der Waals surface area contributed by atoms with Gasteiger partial charge in [-0.1, -0.05) is 12.1 Å². The van der Waals surface area contributed by atoms with Crippen molar-refractivity contribution in [1.29, 1.82) is 0 Å². The van der Waals surface area contributed by atoms with Crippen LogP contribution in [0.5, 0.6) is 5.75 Å². The van der Waals surface area contributed by atoms with Gasteiger partial charge in [-0.25, -0.2) is 0 Å². The van der Waals surface area contributed by atoms with Gasteiger partial charge in [0.1, 0.15) is 23.9 Å². The molecule has 9 heteroatoms. The van der Waals surface area contributed by atoms with Crippen LogP contribution >= 0.6 is 11.8 Å². The number of carbonyl (C=O) groups is 2. The zero-order valence-corrected chi connectivity index (χ0v) is 17.8. The minimum absolute atomic E-state index is 0.0133. The predicted octanol–water partition coefficient (Wildman–Crippen LogP) is 5.28. The van der Waals surface area contributed by atoms with Crippen LogP contribution in [-0.4, -0.2) is 34.1 Å². The van der Waals surface area contributed by atoms with Crippen LogP contribution in [-0.2, 0) is 4.79 Å². The number of thioether (sulfide) groups is 1. The minimum atomic E-state index is -0.473. The average molecular weight is 450 g/mol. The highest BCUT2D eigenvalue weighted by Crippen LogP contribution is 2.33. The third-order valence-corrected chi connectivity index (χ3v) is 5.62. The fourth-order valence-electron chi connectivity index (χ4n) is 3.11. The topological polar surface area (TPSA) is 103 Å². The molecule has 0 saturated carbocycles. The average Bonchev–Trinajstić information content (AvgIpc) is 3.34. The Morgan fingerprint density at radius 1 is 1.12 bits per heavy atom. The first-order valence-electron chi connectivity index (χ1n) is 9.70. The van der Waals surface area contributed by atoms with Crippen LogP contribution in [0.2, 0.25) is 0 Å². The number of nitro groups is 1. The van der Waals surface area contributed by atoms with Crippen LogP contribution in [0, 0.1) is 17.0 Å². The summed E-state index contributed by atoms with van der Waals surface area (Å²) in [6, 6.07) is 16.9. The first-order valence-corrected chi connectivity index (χ1v) is 10.5. The molecule has 32 heavy (non-hydrogen) atoms. The lowest BCUT2D eigenvalue weighted by atomic mass is 10.1. The van der Waals surface area contributed by atoms with Gasteiger partial charge in [0.05, 0.1) is 16.4 Å². The Hall–Kier alpha value is -3.85. The normalized spacial score (nSPS) is 14.9. The molecule has 8 nitrogen and oxygen atoms in total. The molecule has 1 aliphatic heterocycles. The van der Waals surface area contributed by atoms with E-state index in [9.17, 15) is 19.7 Å². The predicted molar refractivity (Wildman–Crippen MR) is 120 cm³/mol. The number of benzene rings is 2. The van der Waals surface area contributed by atoms with E-state index in [1.165, 1.54) is 18.2 Å². The molecule has 0 aliphatic carbocycles. The van der Waals surface area contributed by atoms with E-state index in [0.717, 1.165) is 22.2 Å². The van der Waals surface area contributed by atoms with Gasteiger partial charge in [0.15, 0.2) is 0 Å². The van der Waals surface area contributed by atoms with Crippen molar-refractivity contribution in [2.45, 2.75) is 6.92 Å². The van der Waals surface area contributed by atoms with Gasteiger partial charge in [-0.15, -0.1) is 0 Å². The van der Waals surface area contributed by atoms with Gasteiger partial charge < -0.3 is 9.15 Å². The molecule has 0 spiro atoms. The Morgan fingerprint density at radius 2 is 1.91 bits per heavy atom. The maximum Gasteiger partial charge on any atom is 0.293 e. The molecule has 0 N–H and O–H groups in total. The first kappa shape index (κ1) is 21.4. The Kier molecular flexibility index (Phi) is 6.09. The molecular formula is C23H18N2O6S. The fraction of sp³-hybridized carbons (Fsp3) is 0.130. The van der Waals surface area contributed by atoms with Crippen molar-refractivity contribution in [2.24, 2.45) is 0 Å². The summed E-state index contributed by atoms with van der Waals surface area (Å²) in [5, 5.41) is 10.4. The van der Waals surface area contributed by atoms with E-state index in [2.05, 4.69) is 0 Å². The number of hydrogen-bond donors (Lipinski definition) is 0. The van der Waals surface area contributed by atoms with Crippen LogP contribution in [0.25, 0.3) is 17.4 Å². The number of aryl methyl sites for hydroxylation is 1. The number of carbonyl (C=O) groups excluding carboxylic acids is 2. The molecule has 1 saturated heterocycles. The number of furan rings is 1. The second-order valence-corrected chi connectivity index (χ2v) is 8.00. The van der Waals surface area contributed by atoms with Gasteiger partial charge in [-0.05, 0) is 60.6 Å². The Bertz CT molecular complexity index is 1220. The Morgan fingerprint density at radius 3 is 2.62 bits per heavy atom. The lowest BCUT2D eigenvalue weighted by molar-refractivity contribution is -0.384. The Balaban J connectivity index is 1.41. The molecule has 0 radical (unpaired) electrons. The molecule has 1 aliphatic rings. The Labute approximate surface area is 187 Å². The zero-order valence-electron chi connectivity index (χ0n) is 17.0. The monoisotopic (exact) mass is 450 g/mol. The van der Waals surface area contributed by atoms with Crippen LogP contribution in [0.3, 0.4) is 0 Å². The van der Waals surface area contributed by atoms with E-state index in [0.29, 0.717) is 22.8 Å². The molecule has 2 aromatic carbocycles. The maximum absolute atomic E-state index is 12.6. The molecule has 1 aromatic heterocycles. The third kappa shape index (κ3) is 4.73. The van der Waals surface area contributed by atoms with Gasteiger partial charge in [0.2, 0.25) is 0 Å². The lowest BCUT2D eigenvalue weighted by Gasteiger charge is -2.13. The summed E-state index contributed by atoms with van der Waals surface area (Å²) in [5.41, 5.74) is 1.71. The van der Waals surface area contributed by atoms with Crippen LogP contribution in [0.4, 0.5) is 10.5 Å². The molecule has 2 heterocycles. The van der Waals surface area contributed by atoms with E-state index in [4.69, 9.17) is 9.15 Å². The SMILES string of the molecule is Cc1cccc(OCCN2C(=O)S/C(=C\c3ccc(-c4ccc([N+](=O)[O-])cc4)o3)C2=O)c1. The molecule has 1 fully saturated rings. The molecule has 3 aromatic rings. The van der Waals surface area contributed by atoms with E-state index in [1.54, 1.807) is 24.3 Å². The highest BCUT2D eigenvalue weighted by atomic mass is 32.2. The number of nitro benzene ring substituents is 1. The van der Waals surface area contributed by atoms with Crippen molar-refractivity contribution >= 4 is 34.7 Å². The van der Waals surface area contributed by atoms with Crippen molar-refractivity contribution in [3.8, 4) is 17.1 Å². The lowest BCUT2D eigenvalue weighted by Crippen LogP contribution is -2.32. The van der Waals surface area contributed by atoms with Crippen molar-refractivity contribution in [2.75, 3.05) is 13.2 Å². The summed E-state index contributed by atoms with van der Waals surface area (Å²) in [6.07, 6.45) is 1.52. The second kappa shape index (κ2) is 9.11. The number of amides is 2. The van der Waals surface area contributed by atoms with Crippen LogP contribution < -0.4 is 4.74 Å². The summed E-state index contributed by atoms with van der Waals surface area (Å²) in [4.78, 5) is 36.6. The largest absolute Gasteiger partial charge is 0.492 e. The molecule has 0 unspecified atom stereocenters. The van der Waals surface area contributed by atoms with Crippen molar-refractivity contribution in [3.63, 3.8) is 0 Å². The number of ether oxygens (including phenoxy) is 1. The van der Waals surface area contributed by atoms with E-state index in [1.807, 2.05) is 31.2 Å². The standard InChI is InChI=1S/C23H18N2O6S/c1-15-3-2-4-18(13-15)30-12-11-24-22(26)21(32-23(24)27)14-19-9-10-20(31-19)16-5-7-17(8-6-16)25(28)29/h2-10,13-14H,11-12H2,1H3/b21-14-. The van der Waals surface area contributed by atoms with E-state index in [-0.39, 0.29) is 29.0 Å². The number of nitrogens with zero attached hydrogens (tertiary/aromatic N) is 2. The van der Waals surface area contributed by atoms with Gasteiger partial charge in [-0.3, -0.25) is 24.6 Å². The van der Waals surface area contributed by atoms with E-state index < -0.39 is 10.8 Å². The highest BCUT2D eigenvalue weighted by Gasteiger charge is 2.35. The maximum atomic E-state index is 12.6. The molecule has 4 rings (SSSR count). The summed E-state index contributed by atoms with van der Waals surface area (Å²) >= 11 is 0.844. The molecular weight excluding hydrogens is 432 g/mol. The number of imide groups is 1. The van der Waals surface area contributed by atoms with Gasteiger partial charge in [-0.2, -0.15) is 0 Å². The molecule has 2 amide bonds. The number of non-ortho nitro benzene ring substituents is 1. The second-order valence-electron chi connectivity index (χ2n) is 7.00. The zero-order chi connectivity index (χ0) is 22.7. The van der Waals surface area contributed by atoms with Crippen molar-refractivity contribution in [3.05, 3.63) is 87.0 Å². The smallest absolute Gasteiger partial charge is 0.293 e. The molecule has 162 valence electrons. The minimum Gasteiger partial charge on any atom is -0.492 e. The van der Waals surface area contributed by atoms with Gasteiger partial charge in [0, 0.05) is 23.8 Å². The summed E-state index contributed by atoms with van der Waals surface area (Å²) in [6.45, 7) is 2.29. The quantitative estimate of drug-likeness (QED) is 0.274. The van der Waals surface area contributed by atoms with Crippen LogP contribution in [0.1, 0.15) is 11.3 Å². The number of rotatable bonds is 7. The first-order chi connectivity index (χ1) is 15.4. The van der Waals surface area contributed by atoms with Crippen molar-refractivity contribution in [1.82, 2.24) is 4.90 Å². The number of hydrogen-bond acceptors (Lipinski definition) is 7. The molecule has 0 atom stereocenters. The summed E-state index contributed by atoms with van der Waals surface area (Å²) < 4.78 is 11.4. The third-order valence-electron chi connectivity index (χ3n) is 4.71. The molecule has 0 bridgehead atoms. The highest BCUT2D eigenvalue weighted by molar-refractivity contribution is 8.18. The fourth-order valence-corrected chi connectivity index (χ4v) is 3.96. The summed E-state index contributed by atoms with van der Waals surface area (Å²) in [5.74, 6) is 1.18. The van der Waals surface area contributed by atoms with Gasteiger partial charge >= 0.3 is 0 Å². The van der Waals surface area contributed by atoms with Crippen molar-refractivity contribution < 1.29 is 23.7 Å². The van der Waals surface area contributed by atoms with Crippen LogP contribution in [0.15, 0.2) is 70.0 Å². The van der Waals surface area contributed by atoms with Gasteiger partial charge in [0.25, 0.3) is 16.8 Å². The summed E-state index contributed by atoms with van der Waals surface area (Å²) in [7, 11) is 0.